The summed E-state index contributed by atoms with van der Waals surface area (Å²) in [5.74, 6) is 0. The van der Waals surface area contributed by atoms with Gasteiger partial charge in [-0.3, -0.25) is 15.1 Å². The highest BCUT2D eigenvalue weighted by atomic mass is 16.6. The van der Waals surface area contributed by atoms with Crippen LogP contribution in [0.4, 0.5) is 11.4 Å². The molecule has 0 aliphatic carbocycles. The molecule has 0 saturated carbocycles. The van der Waals surface area contributed by atoms with Crippen molar-refractivity contribution in [3.8, 4) is 0 Å². The number of hydrogen-bond donors (Lipinski definition) is 0. The molecule has 0 N–H and O–H groups in total. The molecule has 0 amide bonds. The molecule has 0 aliphatic rings. The van der Waals surface area contributed by atoms with Gasteiger partial charge in [-0.05, 0) is 30.7 Å². The lowest BCUT2D eigenvalue weighted by molar-refractivity contribution is -0.385. The zero-order chi connectivity index (χ0) is 13.0. The molecule has 0 aromatic heterocycles. The van der Waals surface area contributed by atoms with Crippen molar-refractivity contribution < 1.29 is 4.92 Å². The highest BCUT2D eigenvalue weighted by Gasteiger charge is 2.11. The van der Waals surface area contributed by atoms with Gasteiger partial charge in [0, 0.05) is 12.3 Å². The first-order valence-electron chi connectivity index (χ1n) is 5.51. The van der Waals surface area contributed by atoms with E-state index in [0.29, 0.717) is 5.56 Å². The van der Waals surface area contributed by atoms with E-state index in [2.05, 4.69) is 4.99 Å². The number of para-hydroxylation sites is 1. The van der Waals surface area contributed by atoms with E-state index in [1.807, 2.05) is 37.3 Å². The topological polar surface area (TPSA) is 55.5 Å². The van der Waals surface area contributed by atoms with Gasteiger partial charge in [0.15, 0.2) is 0 Å². The summed E-state index contributed by atoms with van der Waals surface area (Å²) in [4.78, 5) is 14.7. The van der Waals surface area contributed by atoms with Crippen LogP contribution in [-0.2, 0) is 0 Å². The van der Waals surface area contributed by atoms with Crippen LogP contribution in [0.5, 0.6) is 0 Å². The normalized spacial score (nSPS) is 10.7. The van der Waals surface area contributed by atoms with Gasteiger partial charge in [0.2, 0.25) is 0 Å². The largest absolute Gasteiger partial charge is 0.278 e. The highest BCUT2D eigenvalue weighted by molar-refractivity contribution is 5.87. The van der Waals surface area contributed by atoms with Gasteiger partial charge in [-0.25, -0.2) is 0 Å². The Hall–Kier alpha value is -2.49. The van der Waals surface area contributed by atoms with E-state index in [-0.39, 0.29) is 5.69 Å². The molecule has 0 heterocycles. The lowest BCUT2D eigenvalue weighted by Crippen LogP contribution is -1.94. The quantitative estimate of drug-likeness (QED) is 0.467. The predicted octanol–water partition coefficient (Wildman–Crippen LogP) is 3.65. The van der Waals surface area contributed by atoms with Gasteiger partial charge in [-0.15, -0.1) is 0 Å². The molecular formula is C14H12N2O2. The number of hydrogen-bond acceptors (Lipinski definition) is 3. The van der Waals surface area contributed by atoms with Crippen LogP contribution in [0.25, 0.3) is 0 Å². The number of aryl methyl sites for hydroxylation is 1. The van der Waals surface area contributed by atoms with Crippen LogP contribution < -0.4 is 0 Å². The molecule has 0 aliphatic heterocycles. The number of nitro groups is 1. The molecule has 0 atom stereocenters. The van der Waals surface area contributed by atoms with E-state index < -0.39 is 4.92 Å². The number of aliphatic imine (C=N–C) groups is 1. The molecule has 2 aromatic rings. The average molecular weight is 240 g/mol. The predicted molar refractivity (Wildman–Crippen MR) is 71.5 cm³/mol. The molecule has 0 spiro atoms. The highest BCUT2D eigenvalue weighted by Crippen LogP contribution is 2.19. The molecular weight excluding hydrogens is 228 g/mol. The maximum Gasteiger partial charge on any atom is 0.278 e. The molecule has 2 rings (SSSR count). The zero-order valence-corrected chi connectivity index (χ0v) is 9.91. The Morgan fingerprint density at radius 3 is 2.56 bits per heavy atom. The molecule has 0 radical (unpaired) electrons. The molecule has 0 saturated heterocycles. The van der Waals surface area contributed by atoms with Crippen molar-refractivity contribution >= 4 is 17.6 Å². The minimum atomic E-state index is -0.397. The second-order valence-electron chi connectivity index (χ2n) is 3.91. The van der Waals surface area contributed by atoms with E-state index in [4.69, 9.17) is 0 Å². The van der Waals surface area contributed by atoms with Crippen molar-refractivity contribution in [3.63, 3.8) is 0 Å². The van der Waals surface area contributed by atoms with E-state index in [0.717, 1.165) is 11.3 Å². The van der Waals surface area contributed by atoms with Crippen LogP contribution >= 0.6 is 0 Å². The smallest absolute Gasteiger partial charge is 0.258 e. The lowest BCUT2D eigenvalue weighted by atomic mass is 10.1. The number of rotatable bonds is 3. The molecule has 0 unspecified atom stereocenters. The van der Waals surface area contributed by atoms with Gasteiger partial charge in [0.05, 0.1) is 16.2 Å². The monoisotopic (exact) mass is 240 g/mol. The molecule has 90 valence electrons. The Morgan fingerprint density at radius 1 is 1.17 bits per heavy atom. The summed E-state index contributed by atoms with van der Waals surface area (Å²) in [6.45, 7) is 1.89. The second kappa shape index (κ2) is 5.23. The van der Waals surface area contributed by atoms with E-state index >= 15 is 0 Å². The number of nitro benzene ring substituents is 1. The van der Waals surface area contributed by atoms with Crippen molar-refractivity contribution in [2.45, 2.75) is 6.92 Å². The van der Waals surface area contributed by atoms with Gasteiger partial charge in [0.1, 0.15) is 0 Å². The lowest BCUT2D eigenvalue weighted by Gasteiger charge is -1.99. The molecule has 4 heteroatoms. The van der Waals surface area contributed by atoms with Gasteiger partial charge < -0.3 is 0 Å². The Labute approximate surface area is 105 Å². The van der Waals surface area contributed by atoms with E-state index in [1.54, 1.807) is 12.1 Å². The molecule has 0 bridgehead atoms. The molecule has 0 fully saturated rings. The number of nitrogens with zero attached hydrogens (tertiary/aromatic N) is 2. The first kappa shape index (κ1) is 12.0. The third kappa shape index (κ3) is 2.79. The summed E-state index contributed by atoms with van der Waals surface area (Å²) >= 11 is 0. The Morgan fingerprint density at radius 2 is 1.89 bits per heavy atom. The van der Waals surface area contributed by atoms with Gasteiger partial charge >= 0.3 is 0 Å². The second-order valence-corrected chi connectivity index (χ2v) is 3.91. The summed E-state index contributed by atoms with van der Waals surface area (Å²) in [6, 6.07) is 14.3. The Balaban J connectivity index is 2.36. The minimum Gasteiger partial charge on any atom is -0.258 e. The van der Waals surface area contributed by atoms with Crippen LogP contribution in [0, 0.1) is 17.0 Å². The summed E-state index contributed by atoms with van der Waals surface area (Å²) in [5.41, 5.74) is 2.33. The van der Waals surface area contributed by atoms with Crippen molar-refractivity contribution in [3.05, 3.63) is 69.8 Å². The average Bonchev–Trinajstić information content (AvgIpc) is 2.37. The maximum absolute atomic E-state index is 10.9. The fraction of sp³-hybridized carbons (Fsp3) is 0.0714. The van der Waals surface area contributed by atoms with Crippen LogP contribution in [0.3, 0.4) is 0 Å². The summed E-state index contributed by atoms with van der Waals surface area (Å²) in [5, 5.41) is 10.9. The van der Waals surface area contributed by atoms with Crippen LogP contribution in [-0.4, -0.2) is 11.1 Å². The fourth-order valence-electron chi connectivity index (χ4n) is 1.60. The van der Waals surface area contributed by atoms with Gasteiger partial charge in [-0.1, -0.05) is 24.3 Å². The van der Waals surface area contributed by atoms with Crippen molar-refractivity contribution in [2.75, 3.05) is 0 Å². The maximum atomic E-state index is 10.9. The van der Waals surface area contributed by atoms with Crippen molar-refractivity contribution in [1.29, 1.82) is 0 Å². The van der Waals surface area contributed by atoms with Gasteiger partial charge in [-0.2, -0.15) is 0 Å². The number of benzene rings is 2. The zero-order valence-electron chi connectivity index (χ0n) is 9.91. The van der Waals surface area contributed by atoms with Crippen LogP contribution in [0.1, 0.15) is 11.1 Å². The van der Waals surface area contributed by atoms with Crippen molar-refractivity contribution in [2.24, 2.45) is 4.99 Å². The third-order valence-corrected chi connectivity index (χ3v) is 2.49. The SMILES string of the molecule is Cc1ccc([N+](=O)[O-])c(C=Nc2ccccc2)c1. The first-order valence-corrected chi connectivity index (χ1v) is 5.51. The standard InChI is InChI=1S/C14H12N2O2/c1-11-7-8-14(16(17)18)12(9-11)10-15-13-5-3-2-4-6-13/h2-10H,1H3. The Kier molecular flexibility index (Phi) is 3.48. The van der Waals surface area contributed by atoms with E-state index in [9.17, 15) is 10.1 Å². The Bertz CT molecular complexity index is 592. The fourth-order valence-corrected chi connectivity index (χ4v) is 1.60. The first-order chi connectivity index (χ1) is 8.66. The third-order valence-electron chi connectivity index (χ3n) is 2.49. The molecule has 18 heavy (non-hydrogen) atoms. The molecule has 2 aromatic carbocycles. The molecule has 4 nitrogen and oxygen atoms in total. The summed E-state index contributed by atoms with van der Waals surface area (Å²) in [7, 11) is 0. The summed E-state index contributed by atoms with van der Waals surface area (Å²) < 4.78 is 0. The summed E-state index contributed by atoms with van der Waals surface area (Å²) in [6.07, 6.45) is 1.53. The van der Waals surface area contributed by atoms with Gasteiger partial charge in [0.25, 0.3) is 5.69 Å². The van der Waals surface area contributed by atoms with Crippen molar-refractivity contribution in [1.82, 2.24) is 0 Å². The van der Waals surface area contributed by atoms with Crippen LogP contribution in [0.15, 0.2) is 53.5 Å². The van der Waals surface area contributed by atoms with E-state index in [1.165, 1.54) is 12.3 Å². The van der Waals surface area contributed by atoms with Crippen LogP contribution in [0.2, 0.25) is 0 Å². The minimum absolute atomic E-state index is 0.0697.